The largest absolute Gasteiger partial charge is 0.392 e. The molecule has 1 aliphatic rings. The van der Waals surface area contributed by atoms with Gasteiger partial charge in [0.05, 0.1) is 12.6 Å². The molecule has 1 N–H and O–H groups in total. The summed E-state index contributed by atoms with van der Waals surface area (Å²) in [7, 11) is 0. The van der Waals surface area contributed by atoms with E-state index in [0.717, 1.165) is 51.7 Å². The maximum atomic E-state index is 12.4. The van der Waals surface area contributed by atoms with Crippen LogP contribution < -0.4 is 0 Å². The monoisotopic (exact) mass is 284 g/mol. The van der Waals surface area contributed by atoms with Crippen LogP contribution in [-0.2, 0) is 4.79 Å². The molecule has 4 heteroatoms. The molecule has 20 heavy (non-hydrogen) atoms. The highest BCUT2D eigenvalue weighted by Gasteiger charge is 2.26. The van der Waals surface area contributed by atoms with Crippen LogP contribution in [0.15, 0.2) is 0 Å². The number of β-amino-alcohol motifs (C(OH)–C–C–N with tert-alkyl or cyclic N) is 1. The Bertz CT molecular complexity index is 276. The Labute approximate surface area is 124 Å². The lowest BCUT2D eigenvalue weighted by molar-refractivity contribution is -0.133. The predicted molar refractivity (Wildman–Crippen MR) is 82.6 cm³/mol. The Balaban J connectivity index is 2.43. The number of likely N-dealkylation sites (tertiary alicyclic amines) is 1. The molecule has 0 aromatic carbocycles. The van der Waals surface area contributed by atoms with E-state index in [-0.39, 0.29) is 12.0 Å². The maximum Gasteiger partial charge on any atom is 0.236 e. The SMILES string of the molecule is CCCCN(CCCC)C(=O)CN1CCC(C)C(O)C1. The summed E-state index contributed by atoms with van der Waals surface area (Å²) >= 11 is 0. The van der Waals surface area contributed by atoms with E-state index in [1.54, 1.807) is 0 Å². The van der Waals surface area contributed by atoms with Crippen molar-refractivity contribution >= 4 is 5.91 Å². The third-order valence-corrected chi connectivity index (χ3v) is 4.28. The van der Waals surface area contributed by atoms with Crippen LogP contribution in [0.4, 0.5) is 0 Å². The second-order valence-electron chi connectivity index (χ2n) is 6.16. The smallest absolute Gasteiger partial charge is 0.236 e. The van der Waals surface area contributed by atoms with Gasteiger partial charge in [-0.05, 0) is 31.7 Å². The second-order valence-corrected chi connectivity index (χ2v) is 6.16. The Morgan fingerprint density at radius 3 is 2.35 bits per heavy atom. The molecule has 1 saturated heterocycles. The standard InChI is InChI=1S/C16H32N2O2/c1-4-6-9-18(10-7-5-2)16(20)13-17-11-8-14(3)15(19)12-17/h14-15,19H,4-13H2,1-3H3. The molecule has 118 valence electrons. The fraction of sp³-hybridized carbons (Fsp3) is 0.938. The zero-order valence-corrected chi connectivity index (χ0v) is 13.5. The Morgan fingerprint density at radius 1 is 1.25 bits per heavy atom. The number of piperidine rings is 1. The highest BCUT2D eigenvalue weighted by Crippen LogP contribution is 2.16. The van der Waals surface area contributed by atoms with Crippen molar-refractivity contribution in [2.45, 2.75) is 59.0 Å². The van der Waals surface area contributed by atoms with Crippen LogP contribution in [0.3, 0.4) is 0 Å². The number of aliphatic hydroxyl groups is 1. The number of carbonyl (C=O) groups is 1. The molecule has 0 aromatic rings. The maximum absolute atomic E-state index is 12.4. The normalized spacial score (nSPS) is 23.8. The minimum absolute atomic E-state index is 0.230. The van der Waals surface area contributed by atoms with E-state index in [4.69, 9.17) is 0 Å². The molecule has 4 nitrogen and oxygen atoms in total. The van der Waals surface area contributed by atoms with Crippen molar-refractivity contribution in [3.8, 4) is 0 Å². The van der Waals surface area contributed by atoms with Gasteiger partial charge in [0.2, 0.25) is 5.91 Å². The summed E-state index contributed by atoms with van der Waals surface area (Å²) in [6, 6.07) is 0. The van der Waals surface area contributed by atoms with Gasteiger partial charge in [0, 0.05) is 19.6 Å². The van der Waals surface area contributed by atoms with E-state index >= 15 is 0 Å². The molecular weight excluding hydrogens is 252 g/mol. The molecule has 0 aromatic heterocycles. The van der Waals surface area contributed by atoms with Gasteiger partial charge in [-0.2, -0.15) is 0 Å². The third-order valence-electron chi connectivity index (χ3n) is 4.28. The first-order valence-electron chi connectivity index (χ1n) is 8.26. The first-order valence-corrected chi connectivity index (χ1v) is 8.26. The molecule has 0 saturated carbocycles. The number of aliphatic hydroxyl groups excluding tert-OH is 1. The number of hydrogen-bond donors (Lipinski definition) is 1. The molecule has 0 bridgehead atoms. The van der Waals surface area contributed by atoms with Crippen molar-refractivity contribution in [3.05, 3.63) is 0 Å². The molecule has 0 spiro atoms. The summed E-state index contributed by atoms with van der Waals surface area (Å²) in [5.41, 5.74) is 0. The molecule has 2 unspecified atom stereocenters. The number of rotatable bonds is 8. The molecule has 2 atom stereocenters. The van der Waals surface area contributed by atoms with E-state index in [0.29, 0.717) is 19.0 Å². The Morgan fingerprint density at radius 2 is 1.85 bits per heavy atom. The third kappa shape index (κ3) is 5.80. The summed E-state index contributed by atoms with van der Waals surface area (Å²) < 4.78 is 0. The molecule has 1 fully saturated rings. The summed E-state index contributed by atoms with van der Waals surface area (Å²) in [5, 5.41) is 9.92. The van der Waals surface area contributed by atoms with Gasteiger partial charge in [-0.25, -0.2) is 0 Å². The van der Waals surface area contributed by atoms with Crippen LogP contribution in [0.1, 0.15) is 52.9 Å². The lowest BCUT2D eigenvalue weighted by Gasteiger charge is -2.35. The second kappa shape index (κ2) is 9.35. The zero-order chi connectivity index (χ0) is 15.0. The molecule has 1 heterocycles. The quantitative estimate of drug-likeness (QED) is 0.742. The average molecular weight is 284 g/mol. The highest BCUT2D eigenvalue weighted by atomic mass is 16.3. The molecule has 1 amide bonds. The van der Waals surface area contributed by atoms with Crippen LogP contribution >= 0.6 is 0 Å². The molecule has 0 radical (unpaired) electrons. The van der Waals surface area contributed by atoms with Crippen molar-refractivity contribution in [2.75, 3.05) is 32.7 Å². The summed E-state index contributed by atoms with van der Waals surface area (Å²) in [4.78, 5) is 16.5. The van der Waals surface area contributed by atoms with Crippen LogP contribution in [-0.4, -0.2) is 59.6 Å². The zero-order valence-electron chi connectivity index (χ0n) is 13.5. The topological polar surface area (TPSA) is 43.8 Å². The summed E-state index contributed by atoms with van der Waals surface area (Å²) in [6.07, 6.45) is 5.10. The molecule has 1 aliphatic heterocycles. The van der Waals surface area contributed by atoms with Gasteiger partial charge >= 0.3 is 0 Å². The number of hydrogen-bond acceptors (Lipinski definition) is 3. The minimum Gasteiger partial charge on any atom is -0.392 e. The molecular formula is C16H32N2O2. The van der Waals surface area contributed by atoms with Gasteiger partial charge in [0.15, 0.2) is 0 Å². The summed E-state index contributed by atoms with van der Waals surface area (Å²) in [5.74, 6) is 0.589. The van der Waals surface area contributed by atoms with E-state index in [9.17, 15) is 9.90 Å². The average Bonchev–Trinajstić information content (AvgIpc) is 2.43. The van der Waals surface area contributed by atoms with Crippen molar-refractivity contribution in [3.63, 3.8) is 0 Å². The van der Waals surface area contributed by atoms with Gasteiger partial charge in [0.25, 0.3) is 0 Å². The lowest BCUT2D eigenvalue weighted by atomic mass is 9.96. The first kappa shape index (κ1) is 17.4. The van der Waals surface area contributed by atoms with Gasteiger partial charge in [-0.3, -0.25) is 9.69 Å². The van der Waals surface area contributed by atoms with Crippen molar-refractivity contribution in [1.82, 2.24) is 9.80 Å². The number of carbonyl (C=O) groups excluding carboxylic acids is 1. The molecule has 0 aliphatic carbocycles. The van der Waals surface area contributed by atoms with E-state index in [2.05, 4.69) is 25.7 Å². The van der Waals surface area contributed by atoms with Crippen molar-refractivity contribution < 1.29 is 9.90 Å². The number of nitrogens with zero attached hydrogens (tertiary/aromatic N) is 2. The van der Waals surface area contributed by atoms with Crippen LogP contribution in [0.5, 0.6) is 0 Å². The van der Waals surface area contributed by atoms with Gasteiger partial charge in [0.1, 0.15) is 0 Å². The predicted octanol–water partition coefficient (Wildman–Crippen LogP) is 2.12. The van der Waals surface area contributed by atoms with Crippen LogP contribution in [0, 0.1) is 5.92 Å². The van der Waals surface area contributed by atoms with Crippen LogP contribution in [0.2, 0.25) is 0 Å². The van der Waals surface area contributed by atoms with Gasteiger partial charge in [-0.1, -0.05) is 33.6 Å². The van der Waals surface area contributed by atoms with E-state index in [1.165, 1.54) is 0 Å². The Hall–Kier alpha value is -0.610. The van der Waals surface area contributed by atoms with Crippen molar-refractivity contribution in [2.24, 2.45) is 5.92 Å². The number of amides is 1. The Kier molecular flexibility index (Phi) is 8.15. The first-order chi connectivity index (χ1) is 9.58. The summed E-state index contributed by atoms with van der Waals surface area (Å²) in [6.45, 7) is 10.2. The highest BCUT2D eigenvalue weighted by molar-refractivity contribution is 5.78. The lowest BCUT2D eigenvalue weighted by Crippen LogP contribution is -2.48. The van der Waals surface area contributed by atoms with Gasteiger partial charge in [-0.15, -0.1) is 0 Å². The van der Waals surface area contributed by atoms with E-state index < -0.39 is 0 Å². The fourth-order valence-electron chi connectivity index (χ4n) is 2.61. The molecule has 1 rings (SSSR count). The number of unbranched alkanes of at least 4 members (excludes halogenated alkanes) is 2. The van der Waals surface area contributed by atoms with Crippen molar-refractivity contribution in [1.29, 1.82) is 0 Å². The fourth-order valence-corrected chi connectivity index (χ4v) is 2.61. The van der Waals surface area contributed by atoms with E-state index in [1.807, 2.05) is 4.90 Å². The van der Waals surface area contributed by atoms with Crippen LogP contribution in [0.25, 0.3) is 0 Å². The van der Waals surface area contributed by atoms with Gasteiger partial charge < -0.3 is 10.0 Å². The minimum atomic E-state index is -0.281.